The van der Waals surface area contributed by atoms with E-state index in [1.807, 2.05) is 0 Å². The van der Waals surface area contributed by atoms with Gasteiger partial charge in [0.2, 0.25) is 0 Å². The Morgan fingerprint density at radius 2 is 2.11 bits per heavy atom. The lowest BCUT2D eigenvalue weighted by molar-refractivity contribution is 0.0996. The highest BCUT2D eigenvalue weighted by Gasteiger charge is 2.15. The molecular formula is C12H10ClFN2O2. The summed E-state index contributed by atoms with van der Waals surface area (Å²) in [5.41, 5.74) is 6.53. The molecule has 94 valence electrons. The number of hydrogen-bond acceptors (Lipinski definition) is 3. The number of rotatable bonds is 2. The summed E-state index contributed by atoms with van der Waals surface area (Å²) in [6, 6.07) is 5.45. The summed E-state index contributed by atoms with van der Waals surface area (Å²) in [7, 11) is 0. The van der Waals surface area contributed by atoms with Gasteiger partial charge in [0.05, 0.1) is 5.69 Å². The fourth-order valence-corrected chi connectivity index (χ4v) is 1.61. The quantitative estimate of drug-likeness (QED) is 0.822. The number of carbonyl (C=O) groups is 1. The molecule has 4 nitrogen and oxygen atoms in total. The minimum Gasteiger partial charge on any atom is -0.440 e. The number of nitrogens with one attached hydrogen (secondary N) is 1. The predicted molar refractivity (Wildman–Crippen MR) is 67.2 cm³/mol. The molecule has 1 amide bonds. The molecule has 0 aliphatic rings. The van der Waals surface area contributed by atoms with Crippen molar-refractivity contribution in [3.63, 3.8) is 0 Å². The van der Waals surface area contributed by atoms with Gasteiger partial charge in [0.1, 0.15) is 5.82 Å². The van der Waals surface area contributed by atoms with Crippen LogP contribution < -0.4 is 11.1 Å². The van der Waals surface area contributed by atoms with Gasteiger partial charge in [-0.1, -0.05) is 0 Å². The van der Waals surface area contributed by atoms with Gasteiger partial charge in [-0.3, -0.25) is 4.79 Å². The summed E-state index contributed by atoms with van der Waals surface area (Å²) in [5, 5.41) is 2.49. The molecule has 6 heteroatoms. The van der Waals surface area contributed by atoms with Crippen LogP contribution in [0.1, 0.15) is 16.1 Å². The molecule has 0 radical (unpaired) electrons. The highest BCUT2D eigenvalue weighted by molar-refractivity contribution is 6.29. The van der Waals surface area contributed by atoms with Crippen LogP contribution in [0.15, 0.2) is 28.7 Å². The zero-order valence-corrected chi connectivity index (χ0v) is 10.2. The summed E-state index contributed by atoms with van der Waals surface area (Å²) >= 11 is 5.55. The summed E-state index contributed by atoms with van der Waals surface area (Å²) in [6.45, 7) is 1.61. The van der Waals surface area contributed by atoms with E-state index in [1.165, 1.54) is 24.3 Å². The molecule has 0 atom stereocenters. The smallest absolute Gasteiger partial charge is 0.291 e. The van der Waals surface area contributed by atoms with Crippen molar-refractivity contribution in [3.05, 3.63) is 46.6 Å². The number of amides is 1. The van der Waals surface area contributed by atoms with E-state index < -0.39 is 11.7 Å². The van der Waals surface area contributed by atoms with Crippen molar-refractivity contribution in [2.45, 2.75) is 6.92 Å². The number of nitrogen functional groups attached to an aromatic ring is 1. The molecule has 1 heterocycles. The van der Waals surface area contributed by atoms with E-state index in [0.29, 0.717) is 11.3 Å². The fraction of sp³-hybridized carbons (Fsp3) is 0.0833. The molecule has 18 heavy (non-hydrogen) atoms. The van der Waals surface area contributed by atoms with Crippen LogP contribution >= 0.6 is 11.6 Å². The highest BCUT2D eigenvalue weighted by Crippen LogP contribution is 2.25. The van der Waals surface area contributed by atoms with Crippen LogP contribution in [-0.4, -0.2) is 5.91 Å². The van der Waals surface area contributed by atoms with Gasteiger partial charge in [-0.2, -0.15) is 0 Å². The third-order valence-electron chi connectivity index (χ3n) is 2.49. The van der Waals surface area contributed by atoms with E-state index in [-0.39, 0.29) is 16.7 Å². The second-order valence-electron chi connectivity index (χ2n) is 3.69. The number of anilines is 2. The Hall–Kier alpha value is -2.01. The average Bonchev–Trinajstić information content (AvgIpc) is 2.76. The van der Waals surface area contributed by atoms with Crippen LogP contribution in [0.25, 0.3) is 0 Å². The first-order valence-electron chi connectivity index (χ1n) is 5.10. The lowest BCUT2D eigenvalue weighted by Crippen LogP contribution is -2.13. The van der Waals surface area contributed by atoms with E-state index in [2.05, 4.69) is 5.32 Å². The van der Waals surface area contributed by atoms with Crippen molar-refractivity contribution in [1.82, 2.24) is 0 Å². The monoisotopic (exact) mass is 268 g/mol. The molecular weight excluding hydrogens is 259 g/mol. The largest absolute Gasteiger partial charge is 0.440 e. The molecule has 0 spiro atoms. The molecule has 0 aliphatic heterocycles. The van der Waals surface area contributed by atoms with Gasteiger partial charge >= 0.3 is 0 Å². The molecule has 0 saturated heterocycles. The van der Waals surface area contributed by atoms with Crippen LogP contribution in [-0.2, 0) is 0 Å². The van der Waals surface area contributed by atoms with E-state index in [4.69, 9.17) is 21.8 Å². The van der Waals surface area contributed by atoms with Gasteiger partial charge in [-0.25, -0.2) is 4.39 Å². The Morgan fingerprint density at radius 1 is 1.39 bits per heavy atom. The standard InChI is InChI=1S/C12H10ClFN2O2/c1-6-8(15)3-2-7(14)11(6)16-12(17)9-4-5-10(13)18-9/h2-5H,15H2,1H3,(H,16,17). The molecule has 2 rings (SSSR count). The van der Waals surface area contributed by atoms with Crippen molar-refractivity contribution in [3.8, 4) is 0 Å². The molecule has 2 aromatic rings. The fourth-order valence-electron chi connectivity index (χ4n) is 1.46. The average molecular weight is 269 g/mol. The van der Waals surface area contributed by atoms with E-state index in [1.54, 1.807) is 6.92 Å². The lowest BCUT2D eigenvalue weighted by atomic mass is 10.1. The van der Waals surface area contributed by atoms with E-state index in [9.17, 15) is 9.18 Å². The number of nitrogens with two attached hydrogens (primary N) is 1. The Kier molecular flexibility index (Phi) is 3.25. The van der Waals surface area contributed by atoms with Crippen molar-refractivity contribution in [2.24, 2.45) is 0 Å². The molecule has 0 aliphatic carbocycles. The van der Waals surface area contributed by atoms with Crippen LogP contribution in [0.4, 0.5) is 15.8 Å². The minimum absolute atomic E-state index is 0.00113. The Morgan fingerprint density at radius 3 is 2.72 bits per heavy atom. The maximum Gasteiger partial charge on any atom is 0.291 e. The molecule has 3 N–H and O–H groups in total. The van der Waals surface area contributed by atoms with Crippen molar-refractivity contribution >= 4 is 28.9 Å². The van der Waals surface area contributed by atoms with Gasteiger partial charge in [-0.05, 0) is 48.4 Å². The van der Waals surface area contributed by atoms with Crippen molar-refractivity contribution < 1.29 is 13.6 Å². The first-order chi connectivity index (χ1) is 8.49. The second kappa shape index (κ2) is 4.70. The van der Waals surface area contributed by atoms with Crippen molar-refractivity contribution in [2.75, 3.05) is 11.1 Å². The number of benzene rings is 1. The molecule has 0 fully saturated rings. The molecule has 1 aromatic heterocycles. The van der Waals surface area contributed by atoms with Crippen LogP contribution in [0.2, 0.25) is 5.22 Å². The Bertz CT molecular complexity index is 610. The first kappa shape index (κ1) is 12.4. The van der Waals surface area contributed by atoms with Crippen LogP contribution in [0.5, 0.6) is 0 Å². The topological polar surface area (TPSA) is 68.3 Å². The summed E-state index contributed by atoms with van der Waals surface area (Å²) in [4.78, 5) is 11.8. The van der Waals surface area contributed by atoms with Gasteiger partial charge in [0.15, 0.2) is 11.0 Å². The van der Waals surface area contributed by atoms with Gasteiger partial charge in [0.25, 0.3) is 5.91 Å². The normalized spacial score (nSPS) is 10.4. The van der Waals surface area contributed by atoms with Gasteiger partial charge in [-0.15, -0.1) is 0 Å². The van der Waals surface area contributed by atoms with E-state index >= 15 is 0 Å². The van der Waals surface area contributed by atoms with Crippen molar-refractivity contribution in [1.29, 1.82) is 0 Å². The molecule has 0 bridgehead atoms. The number of furan rings is 1. The Labute approximate surface area is 108 Å². The third-order valence-corrected chi connectivity index (χ3v) is 2.69. The zero-order valence-electron chi connectivity index (χ0n) is 9.46. The maximum absolute atomic E-state index is 13.6. The summed E-state index contributed by atoms with van der Waals surface area (Å²) in [5.74, 6) is -1.15. The van der Waals surface area contributed by atoms with E-state index in [0.717, 1.165) is 0 Å². The summed E-state index contributed by atoms with van der Waals surface area (Å²) in [6.07, 6.45) is 0. The first-order valence-corrected chi connectivity index (χ1v) is 5.48. The lowest BCUT2D eigenvalue weighted by Gasteiger charge is -2.10. The Balaban J connectivity index is 2.30. The number of carbonyl (C=O) groups excluding carboxylic acids is 1. The predicted octanol–water partition coefficient (Wildman–Crippen LogP) is 3.22. The summed E-state index contributed by atoms with van der Waals surface area (Å²) < 4.78 is 18.5. The van der Waals surface area contributed by atoms with Gasteiger partial charge in [0, 0.05) is 5.69 Å². The molecule has 1 aromatic carbocycles. The SMILES string of the molecule is Cc1c(N)ccc(F)c1NC(=O)c1ccc(Cl)o1. The highest BCUT2D eigenvalue weighted by atomic mass is 35.5. The minimum atomic E-state index is -0.588. The second-order valence-corrected chi connectivity index (χ2v) is 4.07. The third kappa shape index (κ3) is 2.31. The maximum atomic E-state index is 13.6. The molecule has 0 unspecified atom stereocenters. The number of hydrogen-bond donors (Lipinski definition) is 2. The van der Waals surface area contributed by atoms with Gasteiger partial charge < -0.3 is 15.5 Å². The zero-order chi connectivity index (χ0) is 13.3. The van der Waals surface area contributed by atoms with Crippen LogP contribution in [0, 0.1) is 12.7 Å². The van der Waals surface area contributed by atoms with Crippen LogP contribution in [0.3, 0.4) is 0 Å². The molecule has 0 saturated carbocycles. The number of halogens is 2.